The van der Waals surface area contributed by atoms with Crippen LogP contribution in [0, 0.1) is 0 Å². The van der Waals surface area contributed by atoms with Gasteiger partial charge in [0.15, 0.2) is 0 Å². The van der Waals surface area contributed by atoms with E-state index in [4.69, 9.17) is 9.15 Å². The van der Waals surface area contributed by atoms with Crippen molar-refractivity contribution in [3.8, 4) is 5.75 Å². The van der Waals surface area contributed by atoms with Crippen molar-refractivity contribution >= 4 is 0 Å². The maximum atomic E-state index is 10.3. The minimum Gasteiger partial charge on any atom is -0.497 e. The molecule has 0 spiro atoms. The summed E-state index contributed by atoms with van der Waals surface area (Å²) in [6.45, 7) is 2.00. The number of aliphatic hydroxyl groups excluding tert-OH is 1. The van der Waals surface area contributed by atoms with Gasteiger partial charge in [-0.25, -0.2) is 0 Å². The number of aliphatic hydroxyl groups is 1. The summed E-state index contributed by atoms with van der Waals surface area (Å²) in [6.07, 6.45) is 4.14. The largest absolute Gasteiger partial charge is 0.497 e. The molecule has 2 aromatic rings. The van der Waals surface area contributed by atoms with Crippen LogP contribution in [0.25, 0.3) is 0 Å². The highest BCUT2D eigenvalue weighted by molar-refractivity contribution is 5.27. The number of benzene rings is 1. The highest BCUT2D eigenvalue weighted by Crippen LogP contribution is 2.29. The number of methoxy groups -OCH3 is 1. The summed E-state index contributed by atoms with van der Waals surface area (Å²) in [5.74, 6) is 1.55. The molecule has 4 nitrogen and oxygen atoms in total. The van der Waals surface area contributed by atoms with Gasteiger partial charge < -0.3 is 14.3 Å². The Hall–Kier alpha value is -1.78. The molecule has 2 atom stereocenters. The van der Waals surface area contributed by atoms with Crippen molar-refractivity contribution in [2.75, 3.05) is 13.7 Å². The zero-order valence-electron chi connectivity index (χ0n) is 12.9. The monoisotopic (exact) mass is 301 g/mol. The SMILES string of the molecule is COc1ccc(CN2CCC[C@H]2C[C@H](O)c2ccco2)cc1. The number of ether oxygens (including phenoxy) is 1. The molecule has 0 aliphatic carbocycles. The van der Waals surface area contributed by atoms with E-state index in [0.717, 1.165) is 31.7 Å². The van der Waals surface area contributed by atoms with Crippen molar-refractivity contribution in [1.29, 1.82) is 0 Å². The van der Waals surface area contributed by atoms with Gasteiger partial charge in [0.05, 0.1) is 13.4 Å². The molecule has 0 saturated carbocycles. The molecule has 0 radical (unpaired) electrons. The van der Waals surface area contributed by atoms with E-state index >= 15 is 0 Å². The summed E-state index contributed by atoms with van der Waals surface area (Å²) in [5.41, 5.74) is 1.28. The van der Waals surface area contributed by atoms with Crippen molar-refractivity contribution in [3.63, 3.8) is 0 Å². The highest BCUT2D eigenvalue weighted by Gasteiger charge is 2.27. The maximum absolute atomic E-state index is 10.3. The van der Waals surface area contributed by atoms with Crippen LogP contribution in [0.3, 0.4) is 0 Å². The van der Waals surface area contributed by atoms with E-state index in [9.17, 15) is 5.11 Å². The van der Waals surface area contributed by atoms with E-state index < -0.39 is 6.10 Å². The molecule has 22 heavy (non-hydrogen) atoms. The fourth-order valence-corrected chi connectivity index (χ4v) is 3.19. The Bertz CT molecular complexity index is 565. The molecule has 1 fully saturated rings. The second-order valence-electron chi connectivity index (χ2n) is 5.88. The second kappa shape index (κ2) is 6.99. The fourth-order valence-electron chi connectivity index (χ4n) is 3.19. The van der Waals surface area contributed by atoms with Gasteiger partial charge in [0.2, 0.25) is 0 Å². The average molecular weight is 301 g/mol. The third-order valence-corrected chi connectivity index (χ3v) is 4.41. The summed E-state index contributed by atoms with van der Waals surface area (Å²) in [4.78, 5) is 2.45. The third-order valence-electron chi connectivity index (χ3n) is 4.41. The van der Waals surface area contributed by atoms with Gasteiger partial charge >= 0.3 is 0 Å². The van der Waals surface area contributed by atoms with E-state index in [1.54, 1.807) is 13.4 Å². The zero-order valence-corrected chi connectivity index (χ0v) is 12.9. The predicted octanol–water partition coefficient (Wildman–Crippen LogP) is 3.38. The van der Waals surface area contributed by atoms with Gasteiger partial charge in [0, 0.05) is 12.6 Å². The zero-order chi connectivity index (χ0) is 15.4. The van der Waals surface area contributed by atoms with Crippen LogP contribution in [0.4, 0.5) is 0 Å². The molecule has 118 valence electrons. The molecule has 0 bridgehead atoms. The Morgan fingerprint density at radius 2 is 2.14 bits per heavy atom. The maximum Gasteiger partial charge on any atom is 0.132 e. The molecule has 1 aliphatic rings. The van der Waals surface area contributed by atoms with Crippen LogP contribution < -0.4 is 4.74 Å². The first-order chi connectivity index (χ1) is 10.8. The van der Waals surface area contributed by atoms with Crippen LogP contribution in [0.15, 0.2) is 47.1 Å². The lowest BCUT2D eigenvalue weighted by Gasteiger charge is -2.26. The van der Waals surface area contributed by atoms with Gasteiger partial charge in [-0.2, -0.15) is 0 Å². The Labute approximate surface area is 131 Å². The quantitative estimate of drug-likeness (QED) is 0.888. The molecular weight excluding hydrogens is 278 g/mol. The Morgan fingerprint density at radius 1 is 1.32 bits per heavy atom. The first-order valence-corrected chi connectivity index (χ1v) is 7.84. The summed E-state index contributed by atoms with van der Waals surface area (Å²) in [5, 5.41) is 10.3. The first-order valence-electron chi connectivity index (χ1n) is 7.84. The molecule has 0 amide bonds. The van der Waals surface area contributed by atoms with Crippen molar-refractivity contribution in [1.82, 2.24) is 4.90 Å². The molecule has 1 aromatic heterocycles. The van der Waals surface area contributed by atoms with Crippen molar-refractivity contribution in [2.45, 2.75) is 38.0 Å². The van der Waals surface area contributed by atoms with Crippen molar-refractivity contribution in [2.24, 2.45) is 0 Å². The molecule has 1 aliphatic heterocycles. The number of hydrogen-bond acceptors (Lipinski definition) is 4. The average Bonchev–Trinajstić information content (AvgIpc) is 3.20. The van der Waals surface area contributed by atoms with Crippen LogP contribution >= 0.6 is 0 Å². The molecule has 1 aromatic carbocycles. The van der Waals surface area contributed by atoms with Crippen LogP contribution in [-0.2, 0) is 6.54 Å². The number of likely N-dealkylation sites (tertiary alicyclic amines) is 1. The number of rotatable bonds is 6. The van der Waals surface area contributed by atoms with E-state index in [1.165, 1.54) is 12.0 Å². The molecule has 0 unspecified atom stereocenters. The number of furan rings is 1. The number of nitrogens with zero attached hydrogens (tertiary/aromatic N) is 1. The summed E-state index contributed by atoms with van der Waals surface area (Å²) >= 11 is 0. The lowest BCUT2D eigenvalue weighted by Crippen LogP contribution is -2.30. The Morgan fingerprint density at radius 3 is 2.82 bits per heavy atom. The third kappa shape index (κ3) is 3.51. The van der Waals surface area contributed by atoms with E-state index in [-0.39, 0.29) is 0 Å². The lowest BCUT2D eigenvalue weighted by molar-refractivity contribution is 0.0995. The van der Waals surface area contributed by atoms with Gasteiger partial charge in [0.1, 0.15) is 17.6 Å². The van der Waals surface area contributed by atoms with Gasteiger partial charge in [-0.15, -0.1) is 0 Å². The summed E-state index contributed by atoms with van der Waals surface area (Å²) < 4.78 is 10.5. The van der Waals surface area contributed by atoms with E-state index in [1.807, 2.05) is 24.3 Å². The van der Waals surface area contributed by atoms with Gasteiger partial charge in [-0.1, -0.05) is 12.1 Å². The van der Waals surface area contributed by atoms with Crippen LogP contribution in [0.1, 0.15) is 36.7 Å². The molecule has 3 rings (SSSR count). The molecule has 1 saturated heterocycles. The Balaban J connectivity index is 1.60. The highest BCUT2D eigenvalue weighted by atomic mass is 16.5. The standard InChI is InChI=1S/C18H23NO3/c1-21-16-8-6-14(7-9-16)13-19-10-2-4-15(19)12-17(20)18-5-3-11-22-18/h3,5-9,11,15,17,20H,2,4,10,12-13H2,1H3/t15-,17-/m0/s1. The predicted molar refractivity (Wildman–Crippen MR) is 84.7 cm³/mol. The fraction of sp³-hybridized carbons (Fsp3) is 0.444. The first kappa shape index (κ1) is 15.1. The summed E-state index contributed by atoms with van der Waals surface area (Å²) in [7, 11) is 1.68. The number of hydrogen-bond donors (Lipinski definition) is 1. The smallest absolute Gasteiger partial charge is 0.132 e. The van der Waals surface area contributed by atoms with Gasteiger partial charge in [-0.3, -0.25) is 4.90 Å². The molecule has 1 N–H and O–H groups in total. The topological polar surface area (TPSA) is 45.8 Å². The lowest BCUT2D eigenvalue weighted by atomic mass is 10.0. The normalized spacial score (nSPS) is 20.2. The second-order valence-corrected chi connectivity index (χ2v) is 5.88. The van der Waals surface area contributed by atoms with Crippen molar-refractivity contribution < 1.29 is 14.3 Å². The Kier molecular flexibility index (Phi) is 4.80. The van der Waals surface area contributed by atoms with Crippen LogP contribution in [-0.4, -0.2) is 29.7 Å². The van der Waals surface area contributed by atoms with E-state index in [0.29, 0.717) is 11.8 Å². The van der Waals surface area contributed by atoms with Gasteiger partial charge in [0.25, 0.3) is 0 Å². The summed E-state index contributed by atoms with van der Waals surface area (Å²) in [6, 6.07) is 12.3. The molecule has 4 heteroatoms. The van der Waals surface area contributed by atoms with E-state index in [2.05, 4.69) is 17.0 Å². The van der Waals surface area contributed by atoms with Crippen LogP contribution in [0.5, 0.6) is 5.75 Å². The van der Waals surface area contributed by atoms with Crippen molar-refractivity contribution in [3.05, 3.63) is 54.0 Å². The minimum atomic E-state index is -0.517. The minimum absolute atomic E-state index is 0.405. The molecule has 2 heterocycles. The van der Waals surface area contributed by atoms with Gasteiger partial charge in [-0.05, 0) is 55.6 Å². The molecular formula is C18H23NO3. The van der Waals surface area contributed by atoms with Crippen LogP contribution in [0.2, 0.25) is 0 Å².